The van der Waals surface area contributed by atoms with Crippen LogP contribution in [0.1, 0.15) is 0 Å². The lowest BCUT2D eigenvalue weighted by Crippen LogP contribution is -1.89. The minimum absolute atomic E-state index is 1.02. The normalized spacial score (nSPS) is 11.2. The van der Waals surface area contributed by atoms with Gasteiger partial charge in [-0.3, -0.25) is 4.98 Å². The zero-order valence-corrected chi connectivity index (χ0v) is 10.3. The third-order valence-corrected chi connectivity index (χ3v) is 3.48. The molecule has 0 N–H and O–H groups in total. The van der Waals surface area contributed by atoms with E-state index in [9.17, 15) is 0 Å². The van der Waals surface area contributed by atoms with Crippen LogP contribution in [-0.4, -0.2) is 9.38 Å². The minimum atomic E-state index is 1.02. The van der Waals surface area contributed by atoms with E-state index in [0.29, 0.717) is 0 Å². The minimum Gasteiger partial charge on any atom is -0.313 e. The molecule has 0 bridgehead atoms. The third kappa shape index (κ3) is 1.54. The maximum absolute atomic E-state index is 4.55. The molecule has 0 amide bonds. The largest absolute Gasteiger partial charge is 0.313 e. The van der Waals surface area contributed by atoms with Crippen molar-refractivity contribution in [1.29, 1.82) is 0 Å². The second-order valence-corrected chi connectivity index (χ2v) is 4.60. The van der Waals surface area contributed by atoms with Crippen molar-refractivity contribution in [2.45, 2.75) is 0 Å². The number of hydrogen-bond acceptors (Lipinski definition) is 1. The predicted molar refractivity (Wildman–Crippen MR) is 78.1 cm³/mol. The van der Waals surface area contributed by atoms with E-state index in [1.165, 1.54) is 11.1 Å². The zero-order chi connectivity index (χ0) is 12.7. The molecule has 0 spiro atoms. The molecule has 0 saturated heterocycles. The first-order valence-electron chi connectivity index (χ1n) is 6.34. The van der Waals surface area contributed by atoms with Crippen LogP contribution in [0.2, 0.25) is 0 Å². The number of nitrogens with zero attached hydrogens (tertiary/aromatic N) is 2. The van der Waals surface area contributed by atoms with Crippen LogP contribution in [0.15, 0.2) is 73.1 Å². The van der Waals surface area contributed by atoms with Crippen molar-refractivity contribution >= 4 is 16.6 Å². The monoisotopic (exact) mass is 244 g/mol. The fourth-order valence-electron chi connectivity index (χ4n) is 2.56. The van der Waals surface area contributed by atoms with Crippen LogP contribution in [0.3, 0.4) is 0 Å². The lowest BCUT2D eigenvalue weighted by atomic mass is 10.1. The maximum atomic E-state index is 4.55. The quantitative estimate of drug-likeness (QED) is 0.491. The van der Waals surface area contributed by atoms with E-state index in [-0.39, 0.29) is 0 Å². The van der Waals surface area contributed by atoms with Gasteiger partial charge in [0.2, 0.25) is 0 Å². The number of benzene rings is 2. The van der Waals surface area contributed by atoms with Gasteiger partial charge in [-0.1, -0.05) is 42.5 Å². The van der Waals surface area contributed by atoms with Crippen molar-refractivity contribution in [1.82, 2.24) is 9.38 Å². The molecule has 0 aliphatic rings. The predicted octanol–water partition coefficient (Wildman–Crippen LogP) is 4.15. The first-order valence-corrected chi connectivity index (χ1v) is 6.34. The molecule has 0 saturated carbocycles. The second kappa shape index (κ2) is 3.95. The Balaban J connectivity index is 2.08. The van der Waals surface area contributed by atoms with Gasteiger partial charge in [0.15, 0.2) is 0 Å². The highest BCUT2D eigenvalue weighted by Gasteiger charge is 2.07. The van der Waals surface area contributed by atoms with Crippen LogP contribution in [0.4, 0.5) is 0 Å². The summed E-state index contributed by atoms with van der Waals surface area (Å²) in [5, 5.41) is 0. The van der Waals surface area contributed by atoms with Gasteiger partial charge >= 0.3 is 0 Å². The molecular formula is C17H12N2. The molecule has 0 unspecified atom stereocenters. The molecule has 0 radical (unpaired) electrons. The van der Waals surface area contributed by atoms with E-state index in [1.807, 2.05) is 30.5 Å². The van der Waals surface area contributed by atoms with Crippen molar-refractivity contribution < 1.29 is 0 Å². The Labute approximate surface area is 111 Å². The maximum Gasteiger partial charge on any atom is 0.0870 e. The summed E-state index contributed by atoms with van der Waals surface area (Å²) in [6, 6.07) is 20.8. The Kier molecular flexibility index (Phi) is 2.15. The Morgan fingerprint density at radius 2 is 1.53 bits per heavy atom. The SMILES string of the molecule is c1ccc(-c2ccn3c2cnc2ccccc23)cc1. The molecule has 2 heterocycles. The van der Waals surface area contributed by atoms with Crippen LogP contribution < -0.4 is 0 Å². The number of para-hydroxylation sites is 2. The molecule has 0 atom stereocenters. The highest BCUT2D eigenvalue weighted by atomic mass is 14.9. The Bertz CT molecular complexity index is 860. The fraction of sp³-hybridized carbons (Fsp3) is 0. The molecular weight excluding hydrogens is 232 g/mol. The number of hydrogen-bond donors (Lipinski definition) is 0. The van der Waals surface area contributed by atoms with Gasteiger partial charge < -0.3 is 4.40 Å². The number of aromatic nitrogens is 2. The van der Waals surface area contributed by atoms with Crippen molar-refractivity contribution in [2.24, 2.45) is 0 Å². The molecule has 0 fully saturated rings. The van der Waals surface area contributed by atoms with Crippen LogP contribution in [0, 0.1) is 0 Å². The van der Waals surface area contributed by atoms with E-state index in [2.05, 4.69) is 52.0 Å². The fourth-order valence-corrected chi connectivity index (χ4v) is 2.56. The Morgan fingerprint density at radius 3 is 2.42 bits per heavy atom. The van der Waals surface area contributed by atoms with E-state index in [4.69, 9.17) is 0 Å². The smallest absolute Gasteiger partial charge is 0.0870 e. The van der Waals surface area contributed by atoms with Gasteiger partial charge in [-0.15, -0.1) is 0 Å². The van der Waals surface area contributed by atoms with E-state index in [1.54, 1.807) is 0 Å². The molecule has 2 nitrogen and oxygen atoms in total. The highest BCUT2D eigenvalue weighted by Crippen LogP contribution is 2.27. The first kappa shape index (κ1) is 10.3. The van der Waals surface area contributed by atoms with Crippen molar-refractivity contribution in [3.05, 3.63) is 73.1 Å². The molecule has 2 heteroatoms. The van der Waals surface area contributed by atoms with Crippen LogP contribution in [-0.2, 0) is 0 Å². The van der Waals surface area contributed by atoms with Gasteiger partial charge in [0.25, 0.3) is 0 Å². The average Bonchev–Trinajstić information content (AvgIpc) is 2.92. The van der Waals surface area contributed by atoms with E-state index >= 15 is 0 Å². The van der Waals surface area contributed by atoms with Crippen molar-refractivity contribution in [2.75, 3.05) is 0 Å². The van der Waals surface area contributed by atoms with Gasteiger partial charge in [-0.25, -0.2) is 0 Å². The van der Waals surface area contributed by atoms with Gasteiger partial charge in [-0.2, -0.15) is 0 Å². The molecule has 4 aromatic rings. The van der Waals surface area contributed by atoms with Crippen LogP contribution in [0.25, 0.3) is 27.7 Å². The van der Waals surface area contributed by atoms with Crippen LogP contribution in [0.5, 0.6) is 0 Å². The molecule has 19 heavy (non-hydrogen) atoms. The second-order valence-electron chi connectivity index (χ2n) is 4.60. The summed E-state index contributed by atoms with van der Waals surface area (Å²) in [6.07, 6.45) is 4.06. The average molecular weight is 244 g/mol. The lowest BCUT2D eigenvalue weighted by molar-refractivity contribution is 1.23. The van der Waals surface area contributed by atoms with Gasteiger partial charge in [-0.05, 0) is 23.8 Å². The molecule has 90 valence electrons. The summed E-state index contributed by atoms with van der Waals surface area (Å²) < 4.78 is 2.20. The summed E-state index contributed by atoms with van der Waals surface area (Å²) in [4.78, 5) is 4.55. The first-order chi connectivity index (χ1) is 9.43. The van der Waals surface area contributed by atoms with Crippen LogP contribution >= 0.6 is 0 Å². The molecule has 2 aromatic heterocycles. The summed E-state index contributed by atoms with van der Waals surface area (Å²) in [5.41, 5.74) is 5.75. The van der Waals surface area contributed by atoms with E-state index < -0.39 is 0 Å². The van der Waals surface area contributed by atoms with Gasteiger partial charge in [0.1, 0.15) is 0 Å². The highest BCUT2D eigenvalue weighted by molar-refractivity contribution is 5.86. The summed E-state index contributed by atoms with van der Waals surface area (Å²) in [7, 11) is 0. The Hall–Kier alpha value is -2.61. The van der Waals surface area contributed by atoms with Gasteiger partial charge in [0.05, 0.1) is 22.7 Å². The molecule has 0 aliphatic carbocycles. The standard InChI is InChI=1S/C17H12N2/c1-2-6-13(7-3-1)14-10-11-19-16-9-5-4-8-15(16)18-12-17(14)19/h1-12H. The summed E-state index contributed by atoms with van der Waals surface area (Å²) in [6.45, 7) is 0. The molecule has 4 rings (SSSR count). The molecule has 2 aromatic carbocycles. The zero-order valence-electron chi connectivity index (χ0n) is 10.3. The van der Waals surface area contributed by atoms with Crippen molar-refractivity contribution in [3.63, 3.8) is 0 Å². The summed E-state index contributed by atoms with van der Waals surface area (Å²) >= 11 is 0. The number of fused-ring (bicyclic) bond motifs is 3. The van der Waals surface area contributed by atoms with Gasteiger partial charge in [0, 0.05) is 11.8 Å². The Morgan fingerprint density at radius 1 is 0.737 bits per heavy atom. The molecule has 0 aliphatic heterocycles. The van der Waals surface area contributed by atoms with Crippen molar-refractivity contribution in [3.8, 4) is 11.1 Å². The number of rotatable bonds is 1. The third-order valence-electron chi connectivity index (χ3n) is 3.48. The lowest BCUT2D eigenvalue weighted by Gasteiger charge is -2.03. The van der Waals surface area contributed by atoms with E-state index in [0.717, 1.165) is 16.6 Å². The summed E-state index contributed by atoms with van der Waals surface area (Å²) in [5.74, 6) is 0. The topological polar surface area (TPSA) is 17.3 Å².